The Morgan fingerprint density at radius 1 is 1.63 bits per heavy atom. The third kappa shape index (κ3) is 2.57. The second-order valence-corrected chi connectivity index (χ2v) is 6.17. The van der Waals surface area contributed by atoms with Crippen LogP contribution in [0.4, 0.5) is 11.5 Å². The molecule has 19 heavy (non-hydrogen) atoms. The maximum Gasteiger partial charge on any atom is 0.312 e. The first kappa shape index (κ1) is 14.2. The van der Waals surface area contributed by atoms with E-state index in [0.717, 1.165) is 6.42 Å². The van der Waals surface area contributed by atoms with E-state index in [9.17, 15) is 10.1 Å². The summed E-state index contributed by atoms with van der Waals surface area (Å²) >= 11 is 3.19. The molecule has 0 radical (unpaired) electrons. The molecule has 104 valence electrons. The van der Waals surface area contributed by atoms with E-state index < -0.39 is 4.92 Å². The molecule has 1 aliphatic rings. The Kier molecular flexibility index (Phi) is 3.78. The highest BCUT2D eigenvalue weighted by Gasteiger charge is 2.49. The van der Waals surface area contributed by atoms with Crippen LogP contribution in [-0.4, -0.2) is 29.2 Å². The zero-order valence-electron chi connectivity index (χ0n) is 11.0. The molecule has 1 heterocycles. The fourth-order valence-corrected chi connectivity index (χ4v) is 2.69. The highest BCUT2D eigenvalue weighted by molar-refractivity contribution is 9.10. The molecule has 6 nitrogen and oxygen atoms in total. The molecule has 7 heteroatoms. The van der Waals surface area contributed by atoms with Crippen LogP contribution in [0.25, 0.3) is 0 Å². The lowest BCUT2D eigenvalue weighted by Gasteiger charge is -2.51. The first-order chi connectivity index (χ1) is 8.86. The normalized spacial score (nSPS) is 24.6. The number of rotatable bonds is 4. The Balaban J connectivity index is 2.19. The Bertz CT molecular complexity index is 507. The largest absolute Gasteiger partial charge is 0.381 e. The molecule has 0 aliphatic heterocycles. The number of aromatic nitrogens is 1. The molecule has 1 saturated carbocycles. The van der Waals surface area contributed by atoms with Gasteiger partial charge in [-0.3, -0.25) is 10.1 Å². The molecule has 1 aliphatic carbocycles. The SMILES string of the molecule is COC1CC(Nc2ncc(Br)cc2[N+](=O)[O-])C1(C)C. The van der Waals surface area contributed by atoms with Gasteiger partial charge in [0.2, 0.25) is 5.82 Å². The summed E-state index contributed by atoms with van der Waals surface area (Å²) in [5.41, 5.74) is -0.0942. The predicted octanol–water partition coefficient (Wildman–Crippen LogP) is 2.98. The van der Waals surface area contributed by atoms with Gasteiger partial charge in [0.15, 0.2) is 0 Å². The summed E-state index contributed by atoms with van der Waals surface area (Å²) in [7, 11) is 1.68. The number of halogens is 1. The summed E-state index contributed by atoms with van der Waals surface area (Å²) in [6.45, 7) is 4.15. The van der Waals surface area contributed by atoms with E-state index >= 15 is 0 Å². The summed E-state index contributed by atoms with van der Waals surface area (Å²) < 4.78 is 5.95. The second-order valence-electron chi connectivity index (χ2n) is 5.26. The molecule has 1 aromatic heterocycles. The van der Waals surface area contributed by atoms with E-state index in [1.165, 1.54) is 6.07 Å². The quantitative estimate of drug-likeness (QED) is 0.678. The van der Waals surface area contributed by atoms with E-state index in [1.807, 2.05) is 0 Å². The lowest BCUT2D eigenvalue weighted by molar-refractivity contribution is -0.384. The Morgan fingerprint density at radius 2 is 2.32 bits per heavy atom. The van der Waals surface area contributed by atoms with Gasteiger partial charge in [0.25, 0.3) is 0 Å². The van der Waals surface area contributed by atoms with Crippen LogP contribution in [-0.2, 0) is 4.74 Å². The molecule has 2 atom stereocenters. The van der Waals surface area contributed by atoms with E-state index in [2.05, 4.69) is 40.1 Å². The van der Waals surface area contributed by atoms with Crippen LogP contribution in [0.1, 0.15) is 20.3 Å². The van der Waals surface area contributed by atoms with E-state index in [1.54, 1.807) is 13.3 Å². The van der Waals surface area contributed by atoms with Gasteiger partial charge < -0.3 is 10.1 Å². The van der Waals surface area contributed by atoms with Gasteiger partial charge in [-0.2, -0.15) is 0 Å². The van der Waals surface area contributed by atoms with Crippen LogP contribution in [0.2, 0.25) is 0 Å². The van der Waals surface area contributed by atoms with Gasteiger partial charge in [-0.25, -0.2) is 4.98 Å². The Morgan fingerprint density at radius 3 is 2.84 bits per heavy atom. The van der Waals surface area contributed by atoms with Crippen molar-refractivity contribution in [1.29, 1.82) is 0 Å². The number of hydrogen-bond acceptors (Lipinski definition) is 5. The molecule has 0 aromatic carbocycles. The fraction of sp³-hybridized carbons (Fsp3) is 0.583. The summed E-state index contributed by atoms with van der Waals surface area (Å²) in [6, 6.07) is 1.57. The van der Waals surface area contributed by atoms with E-state index in [0.29, 0.717) is 10.3 Å². The number of methoxy groups -OCH3 is 1. The fourth-order valence-electron chi connectivity index (χ4n) is 2.37. The smallest absolute Gasteiger partial charge is 0.312 e. The highest BCUT2D eigenvalue weighted by atomic mass is 79.9. The van der Waals surface area contributed by atoms with Gasteiger partial charge in [0, 0.05) is 35.3 Å². The summed E-state index contributed by atoms with van der Waals surface area (Å²) in [5, 5.41) is 14.2. The van der Waals surface area contributed by atoms with Gasteiger partial charge in [-0.05, 0) is 22.4 Å². The summed E-state index contributed by atoms with van der Waals surface area (Å²) in [6.07, 6.45) is 2.53. The molecular formula is C12H16BrN3O3. The van der Waals surface area contributed by atoms with Crippen molar-refractivity contribution in [3.05, 3.63) is 26.9 Å². The van der Waals surface area contributed by atoms with Crippen LogP contribution in [0, 0.1) is 15.5 Å². The minimum atomic E-state index is -0.431. The van der Waals surface area contributed by atoms with Crippen molar-refractivity contribution >= 4 is 27.4 Å². The number of ether oxygens (including phenoxy) is 1. The topological polar surface area (TPSA) is 77.3 Å². The van der Waals surface area contributed by atoms with E-state index in [4.69, 9.17) is 4.74 Å². The van der Waals surface area contributed by atoms with Crippen LogP contribution in [0.3, 0.4) is 0 Å². The van der Waals surface area contributed by atoms with Crippen molar-refractivity contribution in [3.63, 3.8) is 0 Å². The molecule has 0 saturated heterocycles. The highest BCUT2D eigenvalue weighted by Crippen LogP contribution is 2.44. The van der Waals surface area contributed by atoms with Gasteiger partial charge in [-0.15, -0.1) is 0 Å². The number of nitrogens with zero attached hydrogens (tertiary/aromatic N) is 2. The number of hydrogen-bond donors (Lipinski definition) is 1. The van der Waals surface area contributed by atoms with Crippen LogP contribution in [0.5, 0.6) is 0 Å². The molecule has 2 unspecified atom stereocenters. The Labute approximate surface area is 119 Å². The summed E-state index contributed by atoms with van der Waals surface area (Å²) in [4.78, 5) is 14.7. The van der Waals surface area contributed by atoms with Crippen molar-refractivity contribution in [1.82, 2.24) is 4.98 Å². The number of anilines is 1. The monoisotopic (exact) mass is 329 g/mol. The Hall–Kier alpha value is -1.21. The second kappa shape index (κ2) is 5.05. The van der Waals surface area contributed by atoms with Gasteiger partial charge in [0.1, 0.15) is 0 Å². The third-order valence-corrected chi connectivity index (χ3v) is 4.24. The maximum atomic E-state index is 11.0. The molecule has 0 bridgehead atoms. The van der Waals surface area contributed by atoms with Crippen molar-refractivity contribution in [2.45, 2.75) is 32.4 Å². The molecule has 0 amide bonds. The molecule has 0 spiro atoms. The van der Waals surface area contributed by atoms with E-state index in [-0.39, 0.29) is 23.2 Å². The van der Waals surface area contributed by atoms with Crippen molar-refractivity contribution in [2.24, 2.45) is 5.41 Å². The molecule has 2 rings (SSSR count). The zero-order chi connectivity index (χ0) is 14.2. The van der Waals surface area contributed by atoms with Crippen LogP contribution in [0.15, 0.2) is 16.7 Å². The van der Waals surface area contributed by atoms with Crippen LogP contribution >= 0.6 is 15.9 Å². The summed E-state index contributed by atoms with van der Waals surface area (Å²) in [5.74, 6) is 0.306. The first-order valence-electron chi connectivity index (χ1n) is 5.95. The minimum Gasteiger partial charge on any atom is -0.381 e. The van der Waals surface area contributed by atoms with Crippen molar-refractivity contribution in [3.8, 4) is 0 Å². The molecule has 1 N–H and O–H groups in total. The predicted molar refractivity (Wildman–Crippen MR) is 75.2 cm³/mol. The number of nitrogens with one attached hydrogen (secondary N) is 1. The van der Waals surface area contributed by atoms with Crippen molar-refractivity contribution < 1.29 is 9.66 Å². The lowest BCUT2D eigenvalue weighted by atomic mass is 9.64. The van der Waals surface area contributed by atoms with Crippen LogP contribution < -0.4 is 5.32 Å². The first-order valence-corrected chi connectivity index (χ1v) is 6.75. The number of pyridine rings is 1. The van der Waals surface area contributed by atoms with Gasteiger partial charge in [0.05, 0.1) is 11.0 Å². The zero-order valence-corrected chi connectivity index (χ0v) is 12.6. The third-order valence-electron chi connectivity index (χ3n) is 3.80. The molecule has 1 aromatic rings. The average molecular weight is 330 g/mol. The standard InChI is InChI=1S/C12H16BrN3O3/c1-12(2)9(5-10(12)19-3)15-11-8(16(17)18)4-7(13)6-14-11/h4,6,9-10H,5H2,1-3H3,(H,14,15). The average Bonchev–Trinajstić information content (AvgIpc) is 2.35. The maximum absolute atomic E-state index is 11.0. The van der Waals surface area contributed by atoms with Gasteiger partial charge in [-0.1, -0.05) is 13.8 Å². The minimum absolute atomic E-state index is 0.0222. The molecule has 1 fully saturated rings. The lowest BCUT2D eigenvalue weighted by Crippen LogP contribution is -2.57. The van der Waals surface area contributed by atoms with Gasteiger partial charge >= 0.3 is 5.69 Å². The number of nitro groups is 1. The molecular weight excluding hydrogens is 314 g/mol. The van der Waals surface area contributed by atoms with Crippen molar-refractivity contribution in [2.75, 3.05) is 12.4 Å².